The zero-order valence-corrected chi connectivity index (χ0v) is 12.4. The summed E-state index contributed by atoms with van der Waals surface area (Å²) in [6.45, 7) is 4.24. The molecule has 4 heteroatoms. The highest BCUT2D eigenvalue weighted by molar-refractivity contribution is 9.10. The first-order valence-electron chi connectivity index (χ1n) is 6.33. The Kier molecular flexibility index (Phi) is 4.30. The minimum Gasteiger partial charge on any atom is -0.394 e. The second kappa shape index (κ2) is 5.59. The van der Waals surface area contributed by atoms with Crippen LogP contribution in [0, 0.1) is 0 Å². The van der Waals surface area contributed by atoms with Gasteiger partial charge in [0.15, 0.2) is 0 Å². The fourth-order valence-corrected chi connectivity index (χ4v) is 3.05. The molecule has 1 fully saturated rings. The number of benzene rings is 1. The van der Waals surface area contributed by atoms with E-state index in [1.54, 1.807) is 0 Å². The molecule has 1 aliphatic heterocycles. The Balaban J connectivity index is 2.14. The maximum atomic E-state index is 9.77. The maximum Gasteiger partial charge on any atom is 0.0663 e. The lowest BCUT2D eigenvalue weighted by molar-refractivity contribution is -0.0653. The van der Waals surface area contributed by atoms with Crippen molar-refractivity contribution < 1.29 is 9.84 Å². The van der Waals surface area contributed by atoms with Crippen molar-refractivity contribution in [1.82, 2.24) is 0 Å². The zero-order valence-electron chi connectivity index (χ0n) is 10.8. The molecule has 2 N–H and O–H groups in total. The van der Waals surface area contributed by atoms with Gasteiger partial charge in [-0.05, 0) is 51.0 Å². The summed E-state index contributed by atoms with van der Waals surface area (Å²) in [6.07, 6.45) is 1.99. The summed E-state index contributed by atoms with van der Waals surface area (Å²) < 4.78 is 6.80. The molecule has 0 bridgehead atoms. The van der Waals surface area contributed by atoms with E-state index in [0.717, 1.165) is 23.0 Å². The van der Waals surface area contributed by atoms with Gasteiger partial charge in [-0.3, -0.25) is 0 Å². The highest BCUT2D eigenvalue weighted by Crippen LogP contribution is 2.32. The highest BCUT2D eigenvalue weighted by atomic mass is 79.9. The Hall–Kier alpha value is -0.580. The van der Waals surface area contributed by atoms with E-state index < -0.39 is 0 Å². The van der Waals surface area contributed by atoms with Gasteiger partial charge in [0.2, 0.25) is 0 Å². The molecule has 2 unspecified atom stereocenters. The molecular formula is C14H20BrNO2. The van der Waals surface area contributed by atoms with Crippen molar-refractivity contribution in [1.29, 1.82) is 0 Å². The topological polar surface area (TPSA) is 41.5 Å². The third-order valence-electron chi connectivity index (χ3n) is 3.38. The van der Waals surface area contributed by atoms with Crippen molar-refractivity contribution in [3.05, 3.63) is 28.7 Å². The summed E-state index contributed by atoms with van der Waals surface area (Å²) in [4.78, 5) is 0. The molecule has 100 valence electrons. The van der Waals surface area contributed by atoms with Gasteiger partial charge < -0.3 is 15.2 Å². The lowest BCUT2D eigenvalue weighted by atomic mass is 9.84. The molecule has 1 aromatic rings. The van der Waals surface area contributed by atoms with Crippen LogP contribution < -0.4 is 5.32 Å². The number of aliphatic hydroxyl groups is 1. The smallest absolute Gasteiger partial charge is 0.0663 e. The molecule has 18 heavy (non-hydrogen) atoms. The molecule has 0 aliphatic carbocycles. The summed E-state index contributed by atoms with van der Waals surface area (Å²) in [5, 5.41) is 13.2. The van der Waals surface area contributed by atoms with Gasteiger partial charge in [0.25, 0.3) is 0 Å². The average molecular weight is 314 g/mol. The first-order valence-corrected chi connectivity index (χ1v) is 7.12. The number of halogens is 1. The third-order valence-corrected chi connectivity index (χ3v) is 3.91. The molecule has 2 rings (SSSR count). The van der Waals surface area contributed by atoms with Gasteiger partial charge in [0, 0.05) is 10.2 Å². The normalized spacial score (nSPS) is 32.2. The Morgan fingerprint density at radius 1 is 1.28 bits per heavy atom. The van der Waals surface area contributed by atoms with Crippen molar-refractivity contribution in [2.24, 2.45) is 0 Å². The Labute approximate surface area is 117 Å². The van der Waals surface area contributed by atoms with Gasteiger partial charge in [-0.15, -0.1) is 0 Å². The minimum atomic E-state index is -0.273. The second-order valence-corrected chi connectivity index (χ2v) is 6.15. The van der Waals surface area contributed by atoms with Crippen LogP contribution in [-0.4, -0.2) is 29.5 Å². The predicted molar refractivity (Wildman–Crippen MR) is 76.8 cm³/mol. The standard InChI is InChI=1S/C14H20BrNO2/c1-10-7-14(9-17,8-11(2)18-10)16-13-5-3-12(15)4-6-13/h3-6,10-11,16-17H,7-9H2,1-2H3. The van der Waals surface area contributed by atoms with Gasteiger partial charge in [-0.25, -0.2) is 0 Å². The monoisotopic (exact) mass is 313 g/mol. The predicted octanol–water partition coefficient (Wildman–Crippen LogP) is 3.18. The number of ether oxygens (including phenoxy) is 1. The van der Waals surface area contributed by atoms with E-state index in [1.807, 2.05) is 24.3 Å². The summed E-state index contributed by atoms with van der Waals surface area (Å²) in [6, 6.07) is 8.04. The van der Waals surface area contributed by atoms with Crippen LogP contribution in [0.1, 0.15) is 26.7 Å². The molecular weight excluding hydrogens is 294 g/mol. The van der Waals surface area contributed by atoms with E-state index >= 15 is 0 Å². The Bertz CT molecular complexity index is 383. The Morgan fingerprint density at radius 2 is 1.83 bits per heavy atom. The van der Waals surface area contributed by atoms with E-state index in [2.05, 4.69) is 35.1 Å². The molecule has 1 aliphatic rings. The maximum absolute atomic E-state index is 9.77. The van der Waals surface area contributed by atoms with E-state index in [0.29, 0.717) is 0 Å². The minimum absolute atomic E-state index is 0.126. The number of nitrogens with one attached hydrogen (secondary N) is 1. The molecule has 3 nitrogen and oxygen atoms in total. The second-order valence-electron chi connectivity index (χ2n) is 5.24. The van der Waals surface area contributed by atoms with Gasteiger partial charge in [-0.1, -0.05) is 15.9 Å². The summed E-state index contributed by atoms with van der Waals surface area (Å²) >= 11 is 3.42. The lowest BCUT2D eigenvalue weighted by Crippen LogP contribution is -2.51. The van der Waals surface area contributed by atoms with Crippen molar-refractivity contribution in [2.45, 2.75) is 44.4 Å². The number of rotatable bonds is 3. The van der Waals surface area contributed by atoms with Crippen LogP contribution in [0.4, 0.5) is 5.69 Å². The van der Waals surface area contributed by atoms with Crippen LogP contribution in [0.5, 0.6) is 0 Å². The first kappa shape index (κ1) is 13.8. The quantitative estimate of drug-likeness (QED) is 0.900. The van der Waals surface area contributed by atoms with E-state index in [1.165, 1.54) is 0 Å². The number of anilines is 1. The molecule has 0 spiro atoms. The summed E-state index contributed by atoms with van der Waals surface area (Å²) in [5.41, 5.74) is 0.763. The van der Waals surface area contributed by atoms with Crippen molar-refractivity contribution in [3.63, 3.8) is 0 Å². The van der Waals surface area contributed by atoms with Gasteiger partial charge in [0.05, 0.1) is 24.4 Å². The molecule has 0 radical (unpaired) electrons. The van der Waals surface area contributed by atoms with Crippen LogP contribution in [0.3, 0.4) is 0 Å². The fraction of sp³-hybridized carbons (Fsp3) is 0.571. The van der Waals surface area contributed by atoms with Crippen molar-refractivity contribution in [3.8, 4) is 0 Å². The van der Waals surface area contributed by atoms with Crippen LogP contribution in [0.25, 0.3) is 0 Å². The largest absolute Gasteiger partial charge is 0.394 e. The molecule has 1 saturated heterocycles. The van der Waals surface area contributed by atoms with Crippen LogP contribution in [0.2, 0.25) is 0 Å². The Morgan fingerprint density at radius 3 is 2.33 bits per heavy atom. The van der Waals surface area contributed by atoms with Crippen LogP contribution in [0.15, 0.2) is 28.7 Å². The van der Waals surface area contributed by atoms with Gasteiger partial charge in [-0.2, -0.15) is 0 Å². The number of aliphatic hydroxyl groups excluding tert-OH is 1. The van der Waals surface area contributed by atoms with E-state index in [-0.39, 0.29) is 24.4 Å². The van der Waals surface area contributed by atoms with Gasteiger partial charge >= 0.3 is 0 Å². The average Bonchev–Trinajstić information content (AvgIpc) is 2.31. The van der Waals surface area contributed by atoms with E-state index in [9.17, 15) is 5.11 Å². The van der Waals surface area contributed by atoms with E-state index in [4.69, 9.17) is 4.74 Å². The molecule has 1 aromatic carbocycles. The molecule has 0 aromatic heterocycles. The summed E-state index contributed by atoms with van der Waals surface area (Å²) in [7, 11) is 0. The van der Waals surface area contributed by atoms with Crippen molar-refractivity contribution in [2.75, 3.05) is 11.9 Å². The molecule has 1 heterocycles. The highest BCUT2D eigenvalue weighted by Gasteiger charge is 2.38. The zero-order chi connectivity index (χ0) is 13.2. The van der Waals surface area contributed by atoms with Crippen LogP contribution >= 0.6 is 15.9 Å². The molecule has 0 saturated carbocycles. The molecule has 0 amide bonds. The van der Waals surface area contributed by atoms with Crippen molar-refractivity contribution >= 4 is 21.6 Å². The van der Waals surface area contributed by atoms with Crippen LogP contribution in [-0.2, 0) is 4.74 Å². The number of hydrogen-bond donors (Lipinski definition) is 2. The molecule has 2 atom stereocenters. The number of hydrogen-bond acceptors (Lipinski definition) is 3. The third kappa shape index (κ3) is 3.25. The van der Waals surface area contributed by atoms with Gasteiger partial charge in [0.1, 0.15) is 0 Å². The summed E-state index contributed by atoms with van der Waals surface area (Å²) in [5.74, 6) is 0. The fourth-order valence-electron chi connectivity index (χ4n) is 2.79. The first-order chi connectivity index (χ1) is 8.53. The lowest BCUT2D eigenvalue weighted by Gasteiger charge is -2.43. The SMILES string of the molecule is CC1CC(CO)(Nc2ccc(Br)cc2)CC(C)O1.